The molecule has 0 fully saturated rings. The van der Waals surface area contributed by atoms with Gasteiger partial charge in [-0.05, 0) is 25.1 Å². The van der Waals surface area contributed by atoms with E-state index in [1.54, 1.807) is 30.1 Å². The van der Waals surface area contributed by atoms with Crippen LogP contribution in [0.1, 0.15) is 12.5 Å². The second-order valence-corrected chi connectivity index (χ2v) is 4.08. The molecule has 0 saturated heterocycles. The molecule has 96 valence electrons. The van der Waals surface area contributed by atoms with Crippen molar-refractivity contribution in [2.75, 3.05) is 25.5 Å². The summed E-state index contributed by atoms with van der Waals surface area (Å²) in [4.78, 5) is 13.3. The van der Waals surface area contributed by atoms with E-state index in [1.807, 2.05) is 6.92 Å². The van der Waals surface area contributed by atoms with Crippen LogP contribution >= 0.6 is 11.6 Å². The van der Waals surface area contributed by atoms with E-state index in [-0.39, 0.29) is 12.6 Å². The first-order valence-corrected chi connectivity index (χ1v) is 5.97. The predicted molar refractivity (Wildman–Crippen MR) is 74.7 cm³/mol. The molecular weight excluding hydrogens is 250 g/mol. The summed E-state index contributed by atoms with van der Waals surface area (Å²) in [5.41, 5.74) is 6.62. The Morgan fingerprint density at radius 2 is 2.28 bits per heavy atom. The third-order valence-corrected chi connectivity index (χ3v) is 2.60. The van der Waals surface area contributed by atoms with E-state index >= 15 is 0 Å². The van der Waals surface area contributed by atoms with Crippen molar-refractivity contribution in [3.05, 3.63) is 28.8 Å². The van der Waals surface area contributed by atoms with Crippen LogP contribution in [0, 0.1) is 11.8 Å². The lowest BCUT2D eigenvalue weighted by Gasteiger charge is -2.16. The number of hydrogen-bond acceptors (Lipinski definition) is 2. The highest BCUT2D eigenvalue weighted by atomic mass is 35.5. The molecule has 0 saturated carbocycles. The molecule has 1 rings (SSSR count). The summed E-state index contributed by atoms with van der Waals surface area (Å²) in [5.74, 6) is 5.65. The standard InChI is InChI=1S/C13H16ClN3O/c1-3-17(2)13(18)16-12-9-11(14)7-6-10(12)5-4-8-15/h6-7,9H,3,8,15H2,1-2H3,(H,16,18). The summed E-state index contributed by atoms with van der Waals surface area (Å²) in [6.07, 6.45) is 0. The number of rotatable bonds is 2. The zero-order valence-corrected chi connectivity index (χ0v) is 11.2. The molecule has 2 amide bonds. The Morgan fingerprint density at radius 3 is 2.89 bits per heavy atom. The van der Waals surface area contributed by atoms with Crippen LogP contribution in [0.15, 0.2) is 18.2 Å². The normalized spacial score (nSPS) is 9.33. The molecule has 0 aliphatic carbocycles. The summed E-state index contributed by atoms with van der Waals surface area (Å²) >= 11 is 5.91. The van der Waals surface area contributed by atoms with Gasteiger partial charge in [-0.2, -0.15) is 0 Å². The number of nitrogens with one attached hydrogen (secondary N) is 1. The predicted octanol–water partition coefficient (Wildman–Crippen LogP) is 2.13. The highest BCUT2D eigenvalue weighted by Crippen LogP contribution is 2.20. The van der Waals surface area contributed by atoms with Crippen LogP contribution in [0.4, 0.5) is 10.5 Å². The number of amides is 2. The molecule has 0 aliphatic rings. The monoisotopic (exact) mass is 265 g/mol. The largest absolute Gasteiger partial charge is 0.328 e. The Kier molecular flexibility index (Phi) is 5.50. The van der Waals surface area contributed by atoms with Gasteiger partial charge in [0.15, 0.2) is 0 Å². The first-order chi connectivity index (χ1) is 8.58. The van der Waals surface area contributed by atoms with Gasteiger partial charge in [0.1, 0.15) is 0 Å². The number of anilines is 1. The Bertz CT molecular complexity index is 491. The Hall–Kier alpha value is -1.70. The van der Waals surface area contributed by atoms with Crippen molar-refractivity contribution < 1.29 is 4.79 Å². The zero-order valence-electron chi connectivity index (χ0n) is 10.5. The van der Waals surface area contributed by atoms with E-state index < -0.39 is 0 Å². The van der Waals surface area contributed by atoms with Crippen molar-refractivity contribution in [3.63, 3.8) is 0 Å². The number of nitrogens with zero attached hydrogens (tertiary/aromatic N) is 1. The fourth-order valence-corrected chi connectivity index (χ4v) is 1.40. The quantitative estimate of drug-likeness (QED) is 0.805. The lowest BCUT2D eigenvalue weighted by Crippen LogP contribution is -2.31. The topological polar surface area (TPSA) is 58.4 Å². The van der Waals surface area contributed by atoms with Crippen molar-refractivity contribution in [2.45, 2.75) is 6.92 Å². The maximum absolute atomic E-state index is 11.8. The molecule has 0 aliphatic heterocycles. The third-order valence-electron chi connectivity index (χ3n) is 2.37. The SMILES string of the molecule is CCN(C)C(=O)Nc1cc(Cl)ccc1C#CCN. The van der Waals surface area contributed by atoms with Crippen LogP contribution in [-0.2, 0) is 0 Å². The van der Waals surface area contributed by atoms with Gasteiger partial charge < -0.3 is 16.0 Å². The Balaban J connectivity index is 2.99. The zero-order chi connectivity index (χ0) is 13.5. The average Bonchev–Trinajstić information content (AvgIpc) is 2.36. The minimum absolute atomic E-state index is 0.199. The molecule has 0 heterocycles. The number of carbonyl (C=O) groups is 1. The van der Waals surface area contributed by atoms with E-state index in [0.717, 1.165) is 0 Å². The molecule has 0 bridgehead atoms. The highest BCUT2D eigenvalue weighted by molar-refractivity contribution is 6.31. The number of carbonyl (C=O) groups excluding carboxylic acids is 1. The third kappa shape index (κ3) is 3.95. The van der Waals surface area contributed by atoms with Crippen LogP contribution in [-0.4, -0.2) is 31.1 Å². The molecule has 0 aromatic heterocycles. The van der Waals surface area contributed by atoms with Gasteiger partial charge in [-0.15, -0.1) is 0 Å². The van der Waals surface area contributed by atoms with Gasteiger partial charge >= 0.3 is 6.03 Å². The van der Waals surface area contributed by atoms with Crippen molar-refractivity contribution in [3.8, 4) is 11.8 Å². The minimum atomic E-state index is -0.199. The van der Waals surface area contributed by atoms with E-state index in [0.29, 0.717) is 22.8 Å². The van der Waals surface area contributed by atoms with Gasteiger partial charge in [0.25, 0.3) is 0 Å². The second kappa shape index (κ2) is 6.90. The molecular formula is C13H16ClN3O. The fourth-order valence-electron chi connectivity index (χ4n) is 1.23. The molecule has 3 N–H and O–H groups in total. The van der Waals surface area contributed by atoms with E-state index in [1.165, 1.54) is 0 Å². The summed E-state index contributed by atoms with van der Waals surface area (Å²) in [6, 6.07) is 4.95. The molecule has 0 spiro atoms. The number of hydrogen-bond donors (Lipinski definition) is 2. The van der Waals surface area contributed by atoms with E-state index in [4.69, 9.17) is 17.3 Å². The number of urea groups is 1. The Morgan fingerprint density at radius 1 is 1.56 bits per heavy atom. The summed E-state index contributed by atoms with van der Waals surface area (Å²) < 4.78 is 0. The molecule has 0 radical (unpaired) electrons. The van der Waals surface area contributed by atoms with Gasteiger partial charge in [-0.1, -0.05) is 23.4 Å². The summed E-state index contributed by atoms with van der Waals surface area (Å²) in [6.45, 7) is 2.79. The molecule has 1 aromatic carbocycles. The average molecular weight is 266 g/mol. The molecule has 4 nitrogen and oxygen atoms in total. The number of halogens is 1. The first kappa shape index (κ1) is 14.4. The van der Waals surface area contributed by atoms with Crippen LogP contribution < -0.4 is 11.1 Å². The minimum Gasteiger partial charge on any atom is -0.328 e. The molecule has 0 atom stereocenters. The van der Waals surface area contributed by atoms with Gasteiger partial charge in [0, 0.05) is 24.2 Å². The van der Waals surface area contributed by atoms with Gasteiger partial charge in [0.05, 0.1) is 12.2 Å². The summed E-state index contributed by atoms with van der Waals surface area (Å²) in [5, 5.41) is 3.31. The number of nitrogens with two attached hydrogens (primary N) is 1. The van der Waals surface area contributed by atoms with E-state index in [2.05, 4.69) is 17.2 Å². The number of benzene rings is 1. The maximum Gasteiger partial charge on any atom is 0.321 e. The Labute approximate surface area is 112 Å². The molecule has 1 aromatic rings. The van der Waals surface area contributed by atoms with Gasteiger partial charge in [-0.3, -0.25) is 0 Å². The van der Waals surface area contributed by atoms with Crippen LogP contribution in [0.5, 0.6) is 0 Å². The maximum atomic E-state index is 11.8. The second-order valence-electron chi connectivity index (χ2n) is 3.64. The highest BCUT2D eigenvalue weighted by Gasteiger charge is 2.09. The van der Waals surface area contributed by atoms with Crippen molar-refractivity contribution in [2.24, 2.45) is 5.73 Å². The van der Waals surface area contributed by atoms with Gasteiger partial charge in [-0.25, -0.2) is 4.79 Å². The van der Waals surface area contributed by atoms with Crippen LogP contribution in [0.2, 0.25) is 5.02 Å². The van der Waals surface area contributed by atoms with Crippen molar-refractivity contribution in [1.29, 1.82) is 0 Å². The lowest BCUT2D eigenvalue weighted by atomic mass is 10.2. The van der Waals surface area contributed by atoms with E-state index in [9.17, 15) is 4.79 Å². The van der Waals surface area contributed by atoms with Gasteiger partial charge in [0.2, 0.25) is 0 Å². The molecule has 18 heavy (non-hydrogen) atoms. The van der Waals surface area contributed by atoms with Crippen LogP contribution in [0.25, 0.3) is 0 Å². The first-order valence-electron chi connectivity index (χ1n) is 5.59. The summed E-state index contributed by atoms with van der Waals surface area (Å²) in [7, 11) is 1.71. The fraction of sp³-hybridized carbons (Fsp3) is 0.308. The molecule has 0 unspecified atom stereocenters. The van der Waals surface area contributed by atoms with Crippen molar-refractivity contribution >= 4 is 23.3 Å². The van der Waals surface area contributed by atoms with Crippen LogP contribution in [0.3, 0.4) is 0 Å². The lowest BCUT2D eigenvalue weighted by molar-refractivity contribution is 0.224. The molecule has 5 heteroatoms. The smallest absolute Gasteiger partial charge is 0.321 e. The van der Waals surface area contributed by atoms with Crippen molar-refractivity contribution in [1.82, 2.24) is 4.90 Å².